The second-order valence-corrected chi connectivity index (χ2v) is 7.84. The number of carbonyl (C=O) groups is 2. The van der Waals surface area contributed by atoms with Crippen LogP contribution in [0.1, 0.15) is 42.7 Å². The molecule has 1 aromatic carbocycles. The van der Waals surface area contributed by atoms with Crippen LogP contribution in [0.25, 0.3) is 0 Å². The van der Waals surface area contributed by atoms with Crippen LogP contribution in [0.3, 0.4) is 0 Å². The van der Waals surface area contributed by atoms with E-state index in [-0.39, 0.29) is 30.7 Å². The summed E-state index contributed by atoms with van der Waals surface area (Å²) in [6.45, 7) is 5.38. The maximum atomic E-state index is 13.1. The molecule has 1 N–H and O–H groups in total. The molecule has 1 aromatic heterocycles. The number of fused-ring (bicyclic) bond motifs is 3. The van der Waals surface area contributed by atoms with E-state index in [2.05, 4.69) is 31.3 Å². The van der Waals surface area contributed by atoms with Gasteiger partial charge in [-0.2, -0.15) is 0 Å². The summed E-state index contributed by atoms with van der Waals surface area (Å²) < 4.78 is 12.3. The van der Waals surface area contributed by atoms with Gasteiger partial charge in [-0.1, -0.05) is 28.1 Å². The van der Waals surface area contributed by atoms with Crippen LogP contribution < -0.4 is 11.0 Å². The molecule has 0 fully saturated rings. The molecule has 1 atom stereocenters. The van der Waals surface area contributed by atoms with Crippen LogP contribution in [-0.4, -0.2) is 45.7 Å². The zero-order chi connectivity index (χ0) is 23.0. The van der Waals surface area contributed by atoms with Crippen molar-refractivity contribution in [2.45, 2.75) is 26.8 Å². The predicted molar refractivity (Wildman–Crippen MR) is 119 cm³/mol. The first kappa shape index (κ1) is 21.8. The number of nitrogens with zero attached hydrogens (tertiary/aromatic N) is 4. The number of rotatable bonds is 5. The molecule has 2 aliphatic heterocycles. The van der Waals surface area contributed by atoms with Crippen LogP contribution in [0.4, 0.5) is 5.95 Å². The summed E-state index contributed by atoms with van der Waals surface area (Å²) in [6, 6.07) is 6.77. The highest BCUT2D eigenvalue weighted by molar-refractivity contribution is 9.10. The van der Waals surface area contributed by atoms with Crippen LogP contribution in [-0.2, 0) is 14.3 Å². The summed E-state index contributed by atoms with van der Waals surface area (Å²) >= 11 is 3.46. The number of esters is 2. The van der Waals surface area contributed by atoms with Crippen molar-refractivity contribution in [3.8, 4) is 0 Å². The second-order valence-electron chi connectivity index (χ2n) is 6.93. The molecule has 166 valence electrons. The van der Waals surface area contributed by atoms with Crippen molar-refractivity contribution < 1.29 is 19.1 Å². The number of ether oxygens (including phenoxy) is 2. The van der Waals surface area contributed by atoms with Crippen molar-refractivity contribution in [2.75, 3.05) is 18.6 Å². The van der Waals surface area contributed by atoms with Gasteiger partial charge < -0.3 is 9.47 Å². The molecule has 3 heterocycles. The van der Waals surface area contributed by atoms with Crippen LogP contribution in [0.2, 0.25) is 0 Å². The van der Waals surface area contributed by atoms with Gasteiger partial charge in [0, 0.05) is 4.47 Å². The van der Waals surface area contributed by atoms with E-state index >= 15 is 0 Å². The number of carbonyl (C=O) groups excluding carboxylic acids is 2. The third-order valence-corrected chi connectivity index (χ3v) is 5.43. The van der Waals surface area contributed by atoms with Gasteiger partial charge in [-0.25, -0.2) is 29.1 Å². The van der Waals surface area contributed by atoms with Crippen LogP contribution in [0.5, 0.6) is 0 Å². The third-order valence-electron chi connectivity index (χ3n) is 4.94. The van der Waals surface area contributed by atoms with E-state index in [1.54, 1.807) is 25.8 Å². The smallest absolute Gasteiger partial charge is 0.345 e. The Kier molecular flexibility index (Phi) is 5.83. The average Bonchev–Trinajstić information content (AvgIpc) is 3.12. The first-order chi connectivity index (χ1) is 15.4. The van der Waals surface area contributed by atoms with Gasteiger partial charge >= 0.3 is 11.9 Å². The summed E-state index contributed by atoms with van der Waals surface area (Å²) in [5, 5.41) is 1.57. The Bertz CT molecular complexity index is 1240. The molecule has 0 aliphatic carbocycles. The lowest BCUT2D eigenvalue weighted by Crippen LogP contribution is -2.43. The van der Waals surface area contributed by atoms with Gasteiger partial charge in [0.1, 0.15) is 11.6 Å². The van der Waals surface area contributed by atoms with Gasteiger partial charge in [0.2, 0.25) is 11.9 Å². The quantitative estimate of drug-likeness (QED) is 0.621. The number of anilines is 1. The van der Waals surface area contributed by atoms with Crippen LogP contribution >= 0.6 is 15.9 Å². The molecule has 11 heteroatoms. The number of benzene rings is 1. The summed E-state index contributed by atoms with van der Waals surface area (Å²) in [4.78, 5) is 46.9. The average molecular weight is 502 g/mol. The molecule has 0 bridgehead atoms. The molecule has 0 saturated heterocycles. The predicted octanol–water partition coefficient (Wildman–Crippen LogP) is 2.62. The molecule has 32 heavy (non-hydrogen) atoms. The largest absolute Gasteiger partial charge is 0.463 e. The monoisotopic (exact) mass is 501 g/mol. The molecule has 4 rings (SSSR count). The van der Waals surface area contributed by atoms with E-state index in [4.69, 9.17) is 9.47 Å². The van der Waals surface area contributed by atoms with Gasteiger partial charge in [-0.15, -0.1) is 0 Å². The van der Waals surface area contributed by atoms with Crippen molar-refractivity contribution >= 4 is 39.8 Å². The normalized spacial score (nSPS) is 16.7. The topological polar surface area (TPSA) is 115 Å². The van der Waals surface area contributed by atoms with Crippen molar-refractivity contribution in [2.24, 2.45) is 4.99 Å². The van der Waals surface area contributed by atoms with Crippen LogP contribution in [0, 0.1) is 0 Å². The lowest BCUT2D eigenvalue weighted by atomic mass is 9.95. The number of nitrogens with one attached hydrogen (secondary N) is 1. The minimum atomic E-state index is -0.766. The first-order valence-corrected chi connectivity index (χ1v) is 10.7. The molecule has 10 nitrogen and oxygen atoms in total. The molecule has 0 radical (unpaired) electrons. The first-order valence-electron chi connectivity index (χ1n) is 9.94. The molecule has 1 unspecified atom stereocenters. The van der Waals surface area contributed by atoms with Crippen molar-refractivity contribution in [1.29, 1.82) is 0 Å². The lowest BCUT2D eigenvalue weighted by Gasteiger charge is -2.33. The molecule has 0 spiro atoms. The van der Waals surface area contributed by atoms with E-state index in [0.29, 0.717) is 11.3 Å². The Hall–Kier alpha value is -3.47. The fourth-order valence-corrected chi connectivity index (χ4v) is 4.03. The number of allylic oxidation sites excluding steroid dienone is 1. The standard InChI is InChI=1S/C21H20BrN5O5/c1-4-31-18(29)14-10-23-20-25-27-16(12-7-6-8-13(22)9-12)15(19(30)32-5-2)11(3)24-21(27)26(20)17(14)28/h6-10,16H,4-5H2,1-3H3,(H,23,25). The van der Waals surface area contributed by atoms with Crippen molar-refractivity contribution in [3.63, 3.8) is 0 Å². The maximum absolute atomic E-state index is 13.1. The number of halogens is 1. The SMILES string of the molecule is CCOC(=O)C1=C(C)N=C2N(Nc3ncc(C(=O)OCC)c(=O)n32)C1c1cccc(Br)c1. The Morgan fingerprint density at radius 1 is 1.19 bits per heavy atom. The number of hydrogen-bond acceptors (Lipinski definition) is 9. The number of aliphatic imine (C=N–C) groups is 1. The molecule has 2 aromatic rings. The molecule has 0 saturated carbocycles. The second kappa shape index (κ2) is 8.58. The summed E-state index contributed by atoms with van der Waals surface area (Å²) in [6.07, 6.45) is 1.17. The highest BCUT2D eigenvalue weighted by Gasteiger charge is 2.43. The fourth-order valence-electron chi connectivity index (χ4n) is 3.62. The van der Waals surface area contributed by atoms with Gasteiger partial charge in [0.05, 0.1) is 30.7 Å². The number of aromatic nitrogens is 2. The van der Waals surface area contributed by atoms with Crippen molar-refractivity contribution in [3.05, 3.63) is 67.7 Å². The van der Waals surface area contributed by atoms with E-state index in [1.165, 1.54) is 10.8 Å². The minimum Gasteiger partial charge on any atom is -0.463 e. The van der Waals surface area contributed by atoms with E-state index in [1.807, 2.05) is 24.3 Å². The highest BCUT2D eigenvalue weighted by Crippen LogP contribution is 2.38. The van der Waals surface area contributed by atoms with Gasteiger partial charge in [-0.05, 0) is 38.5 Å². The molecular weight excluding hydrogens is 482 g/mol. The lowest BCUT2D eigenvalue weighted by molar-refractivity contribution is -0.139. The molecule has 2 aliphatic rings. The third kappa shape index (κ3) is 3.58. The van der Waals surface area contributed by atoms with Crippen LogP contribution in [0.15, 0.2) is 56.0 Å². The summed E-state index contributed by atoms with van der Waals surface area (Å²) in [5.74, 6) is -0.917. The molecular formula is C21H20BrN5O5. The van der Waals surface area contributed by atoms with E-state index in [0.717, 1.165) is 10.0 Å². The maximum Gasteiger partial charge on any atom is 0.345 e. The summed E-state index contributed by atoms with van der Waals surface area (Å²) in [7, 11) is 0. The van der Waals surface area contributed by atoms with Gasteiger partial charge in [0.15, 0.2) is 0 Å². The van der Waals surface area contributed by atoms with Gasteiger partial charge in [-0.3, -0.25) is 10.2 Å². The minimum absolute atomic E-state index is 0.126. The zero-order valence-corrected chi connectivity index (χ0v) is 19.2. The Balaban J connectivity index is 1.90. The summed E-state index contributed by atoms with van der Waals surface area (Å²) in [5.41, 5.74) is 3.68. The zero-order valence-electron chi connectivity index (χ0n) is 17.6. The van der Waals surface area contributed by atoms with Gasteiger partial charge in [0.25, 0.3) is 5.56 Å². The van der Waals surface area contributed by atoms with E-state index < -0.39 is 23.5 Å². The van der Waals surface area contributed by atoms with E-state index in [9.17, 15) is 14.4 Å². The molecule has 0 amide bonds. The Morgan fingerprint density at radius 2 is 1.91 bits per heavy atom. The number of hydrazine groups is 1. The Labute approximate surface area is 191 Å². The number of hydrogen-bond donors (Lipinski definition) is 1. The highest BCUT2D eigenvalue weighted by atomic mass is 79.9. The Morgan fingerprint density at radius 3 is 2.59 bits per heavy atom. The fraction of sp³-hybridized carbons (Fsp3) is 0.286. The van der Waals surface area contributed by atoms with Crippen molar-refractivity contribution in [1.82, 2.24) is 14.6 Å².